The van der Waals surface area contributed by atoms with Crippen LogP contribution in [0.15, 0.2) is 84.9 Å². The van der Waals surface area contributed by atoms with Gasteiger partial charge < -0.3 is 14.2 Å². The number of benzene rings is 3. The quantitative estimate of drug-likeness (QED) is 0.297. The molecule has 0 aliphatic carbocycles. The monoisotopic (exact) mass is 386 g/mol. The van der Waals surface area contributed by atoms with Crippen LogP contribution in [-0.2, 0) is 11.3 Å². The molecule has 4 nitrogen and oxygen atoms in total. The van der Waals surface area contributed by atoms with Gasteiger partial charge in [-0.3, -0.25) is 4.79 Å². The molecule has 1 saturated heterocycles. The number of rotatable bonds is 9. The number of epoxide rings is 1. The second-order valence-corrected chi connectivity index (χ2v) is 6.80. The van der Waals surface area contributed by atoms with Gasteiger partial charge in [-0.1, -0.05) is 60.7 Å². The molecule has 0 bridgehead atoms. The molecule has 0 N–H and O–H groups in total. The summed E-state index contributed by atoms with van der Waals surface area (Å²) in [6.07, 6.45) is 3.49. The topological polar surface area (TPSA) is 48.1 Å². The fraction of sp³-hybridized carbons (Fsp3) is 0.160. The third-order valence-electron chi connectivity index (χ3n) is 4.53. The van der Waals surface area contributed by atoms with Crippen LogP contribution in [0.1, 0.15) is 21.5 Å². The summed E-state index contributed by atoms with van der Waals surface area (Å²) in [4.78, 5) is 12.4. The molecule has 3 aromatic carbocycles. The average Bonchev–Trinajstić information content (AvgIpc) is 3.61. The van der Waals surface area contributed by atoms with Gasteiger partial charge in [-0.15, -0.1) is 0 Å². The molecule has 1 aliphatic heterocycles. The van der Waals surface area contributed by atoms with E-state index in [-0.39, 0.29) is 11.9 Å². The Morgan fingerprint density at radius 2 is 1.69 bits per heavy atom. The van der Waals surface area contributed by atoms with E-state index in [1.165, 1.54) is 0 Å². The van der Waals surface area contributed by atoms with Crippen molar-refractivity contribution in [3.8, 4) is 11.5 Å². The van der Waals surface area contributed by atoms with Crippen LogP contribution in [0, 0.1) is 0 Å². The molecule has 1 heterocycles. The molecule has 1 unspecified atom stereocenters. The lowest BCUT2D eigenvalue weighted by molar-refractivity contribution is 0.104. The number of hydrogen-bond donors (Lipinski definition) is 0. The molecular formula is C25H22O4. The first-order valence-corrected chi connectivity index (χ1v) is 9.60. The maximum absolute atomic E-state index is 12.4. The van der Waals surface area contributed by atoms with Gasteiger partial charge in [0.1, 0.15) is 30.8 Å². The van der Waals surface area contributed by atoms with Gasteiger partial charge >= 0.3 is 0 Å². The molecule has 0 radical (unpaired) electrons. The highest BCUT2D eigenvalue weighted by Gasteiger charge is 2.23. The molecule has 146 valence electrons. The van der Waals surface area contributed by atoms with Crippen LogP contribution >= 0.6 is 0 Å². The summed E-state index contributed by atoms with van der Waals surface area (Å²) in [6.45, 7) is 1.71. The lowest BCUT2D eigenvalue weighted by atomic mass is 10.1. The van der Waals surface area contributed by atoms with Crippen molar-refractivity contribution < 1.29 is 19.0 Å². The van der Waals surface area contributed by atoms with Crippen molar-refractivity contribution in [1.82, 2.24) is 0 Å². The summed E-state index contributed by atoms with van der Waals surface area (Å²) < 4.78 is 17.0. The zero-order chi connectivity index (χ0) is 19.9. The lowest BCUT2D eigenvalue weighted by Crippen LogP contribution is -2.05. The van der Waals surface area contributed by atoms with E-state index in [2.05, 4.69) is 0 Å². The highest BCUT2D eigenvalue weighted by Crippen LogP contribution is 2.27. The zero-order valence-electron chi connectivity index (χ0n) is 16.0. The predicted octanol–water partition coefficient (Wildman–Crippen LogP) is 4.94. The van der Waals surface area contributed by atoms with Crippen LogP contribution in [0.4, 0.5) is 0 Å². The normalized spacial score (nSPS) is 15.2. The second-order valence-electron chi connectivity index (χ2n) is 6.80. The van der Waals surface area contributed by atoms with Crippen LogP contribution in [0.25, 0.3) is 6.08 Å². The van der Waals surface area contributed by atoms with Gasteiger partial charge in [0.15, 0.2) is 5.78 Å². The van der Waals surface area contributed by atoms with Gasteiger partial charge in [0.05, 0.1) is 6.61 Å². The standard InChI is InChI=1S/C25H22O4/c26-24(20-9-5-2-6-10-20)13-11-21-15-22(27-16-19-7-3-1-4-8-19)12-14-25(21)29-18-23-17-28-23/h1-15,23H,16-18H2. The Morgan fingerprint density at radius 3 is 2.41 bits per heavy atom. The Hall–Kier alpha value is -3.37. The highest BCUT2D eigenvalue weighted by molar-refractivity contribution is 6.06. The van der Waals surface area contributed by atoms with Crippen molar-refractivity contribution in [3.05, 3.63) is 102 Å². The van der Waals surface area contributed by atoms with E-state index < -0.39 is 0 Å². The van der Waals surface area contributed by atoms with Crippen LogP contribution in [0.2, 0.25) is 0 Å². The van der Waals surface area contributed by atoms with E-state index in [0.29, 0.717) is 24.5 Å². The number of hydrogen-bond acceptors (Lipinski definition) is 4. The second kappa shape index (κ2) is 9.22. The molecular weight excluding hydrogens is 364 g/mol. The fourth-order valence-corrected chi connectivity index (χ4v) is 2.83. The Labute approximate surface area is 170 Å². The van der Waals surface area contributed by atoms with Crippen LogP contribution in [0.3, 0.4) is 0 Å². The number of ether oxygens (including phenoxy) is 3. The van der Waals surface area contributed by atoms with E-state index in [1.54, 1.807) is 24.3 Å². The summed E-state index contributed by atoms with van der Waals surface area (Å²) in [6, 6.07) is 24.8. The van der Waals surface area contributed by atoms with Gasteiger partial charge in [-0.25, -0.2) is 0 Å². The van der Waals surface area contributed by atoms with Crippen molar-refractivity contribution in [2.24, 2.45) is 0 Å². The van der Waals surface area contributed by atoms with Crippen molar-refractivity contribution in [3.63, 3.8) is 0 Å². The number of carbonyl (C=O) groups excluding carboxylic acids is 1. The first-order valence-electron chi connectivity index (χ1n) is 9.60. The van der Waals surface area contributed by atoms with E-state index in [9.17, 15) is 4.79 Å². The first kappa shape index (κ1) is 19.0. The molecule has 0 amide bonds. The molecule has 1 fully saturated rings. The summed E-state index contributed by atoms with van der Waals surface area (Å²) in [5, 5.41) is 0. The fourth-order valence-electron chi connectivity index (χ4n) is 2.83. The molecule has 0 aromatic heterocycles. The van der Waals surface area contributed by atoms with Crippen LogP contribution < -0.4 is 9.47 Å². The molecule has 3 aromatic rings. The molecule has 4 heteroatoms. The largest absolute Gasteiger partial charge is 0.490 e. The van der Waals surface area contributed by atoms with E-state index in [0.717, 1.165) is 23.5 Å². The number of ketones is 1. The van der Waals surface area contributed by atoms with Crippen LogP contribution in [0.5, 0.6) is 11.5 Å². The van der Waals surface area contributed by atoms with Crippen molar-refractivity contribution in [2.45, 2.75) is 12.7 Å². The maximum Gasteiger partial charge on any atom is 0.185 e. The summed E-state index contributed by atoms with van der Waals surface area (Å²) >= 11 is 0. The third kappa shape index (κ3) is 5.56. The molecule has 4 rings (SSSR count). The average molecular weight is 386 g/mol. The van der Waals surface area contributed by atoms with Gasteiger partial charge in [0, 0.05) is 11.1 Å². The maximum atomic E-state index is 12.4. The van der Waals surface area contributed by atoms with Gasteiger partial charge in [0.25, 0.3) is 0 Å². The highest BCUT2D eigenvalue weighted by atomic mass is 16.6. The first-order chi connectivity index (χ1) is 14.3. The summed E-state index contributed by atoms with van der Waals surface area (Å²) in [7, 11) is 0. The van der Waals surface area contributed by atoms with Crippen molar-refractivity contribution in [1.29, 1.82) is 0 Å². The Balaban J connectivity index is 1.50. The van der Waals surface area contributed by atoms with Gasteiger partial charge in [-0.05, 0) is 35.9 Å². The van der Waals surface area contributed by atoms with Crippen molar-refractivity contribution in [2.75, 3.05) is 13.2 Å². The SMILES string of the molecule is O=C(C=Cc1cc(OCc2ccccc2)ccc1OCC1CO1)c1ccccc1. The molecule has 0 saturated carbocycles. The van der Waals surface area contributed by atoms with Gasteiger partial charge in [-0.2, -0.15) is 0 Å². The molecule has 0 spiro atoms. The zero-order valence-corrected chi connectivity index (χ0v) is 16.0. The van der Waals surface area contributed by atoms with E-state index in [4.69, 9.17) is 14.2 Å². The summed E-state index contributed by atoms with van der Waals surface area (Å²) in [5.74, 6) is 1.36. The molecule has 1 aliphatic rings. The summed E-state index contributed by atoms with van der Waals surface area (Å²) in [5.41, 5.74) is 2.53. The minimum Gasteiger partial charge on any atom is -0.490 e. The smallest absolute Gasteiger partial charge is 0.185 e. The minimum absolute atomic E-state index is 0.0577. The third-order valence-corrected chi connectivity index (χ3v) is 4.53. The van der Waals surface area contributed by atoms with Crippen molar-refractivity contribution >= 4 is 11.9 Å². The van der Waals surface area contributed by atoms with E-state index >= 15 is 0 Å². The van der Waals surface area contributed by atoms with E-state index in [1.807, 2.05) is 66.7 Å². The number of carbonyl (C=O) groups is 1. The Kier molecular flexibility index (Phi) is 6.03. The number of allylic oxidation sites excluding steroid dienone is 1. The molecule has 29 heavy (non-hydrogen) atoms. The molecule has 1 atom stereocenters. The Morgan fingerprint density at radius 1 is 0.966 bits per heavy atom. The lowest BCUT2D eigenvalue weighted by Gasteiger charge is -2.12. The van der Waals surface area contributed by atoms with Crippen LogP contribution in [-0.4, -0.2) is 25.1 Å². The Bertz CT molecular complexity index is 976. The van der Waals surface area contributed by atoms with Gasteiger partial charge in [0.2, 0.25) is 0 Å². The minimum atomic E-state index is -0.0577. The predicted molar refractivity (Wildman–Crippen MR) is 112 cm³/mol.